The average molecular weight is 413 g/mol. The van der Waals surface area contributed by atoms with Crippen LogP contribution in [0.5, 0.6) is 0 Å². The van der Waals surface area contributed by atoms with E-state index in [-0.39, 0.29) is 17.3 Å². The summed E-state index contributed by atoms with van der Waals surface area (Å²) >= 11 is 0. The fourth-order valence-electron chi connectivity index (χ4n) is 3.36. The lowest BCUT2D eigenvalue weighted by Gasteiger charge is -2.19. The smallest absolute Gasteiger partial charge is 0.243 e. The van der Waals surface area contributed by atoms with Gasteiger partial charge in [-0.25, -0.2) is 8.42 Å². The van der Waals surface area contributed by atoms with E-state index in [1.54, 1.807) is 0 Å². The molecule has 8 heteroatoms. The second kappa shape index (κ2) is 9.07. The standard InChI is InChI=1S/C21H24N4O3S/c1-24(29(27,28)20-9-7-17(13-22)8-10-20)16-21(26)23-14-18-11-12-25(15-18)19-5-3-2-4-6-19/h2-10,18H,11-12,14-16H2,1H3,(H,23,26). The van der Waals surface area contributed by atoms with Crippen molar-refractivity contribution in [2.75, 3.05) is 38.1 Å². The van der Waals surface area contributed by atoms with Gasteiger partial charge in [0.15, 0.2) is 0 Å². The summed E-state index contributed by atoms with van der Waals surface area (Å²) in [6.45, 7) is 2.07. The molecule has 7 nitrogen and oxygen atoms in total. The third-order valence-corrected chi connectivity index (χ3v) is 6.87. The number of sulfonamides is 1. The highest BCUT2D eigenvalue weighted by molar-refractivity contribution is 7.89. The van der Waals surface area contributed by atoms with Crippen molar-refractivity contribution >= 4 is 21.6 Å². The third kappa shape index (κ3) is 5.13. The van der Waals surface area contributed by atoms with Gasteiger partial charge in [0, 0.05) is 32.4 Å². The van der Waals surface area contributed by atoms with Crippen LogP contribution in [0.15, 0.2) is 59.5 Å². The predicted octanol–water partition coefficient (Wildman–Crippen LogP) is 1.82. The molecule has 0 spiro atoms. The van der Waals surface area contributed by atoms with Crippen LogP contribution in [-0.4, -0.2) is 51.9 Å². The van der Waals surface area contributed by atoms with Gasteiger partial charge in [0.25, 0.3) is 0 Å². The number of nitriles is 1. The van der Waals surface area contributed by atoms with Crippen molar-refractivity contribution in [3.63, 3.8) is 0 Å². The normalized spacial score (nSPS) is 16.6. The molecule has 1 aliphatic rings. The first kappa shape index (κ1) is 20.8. The summed E-state index contributed by atoms with van der Waals surface area (Å²) in [5.41, 5.74) is 1.56. The van der Waals surface area contributed by atoms with E-state index in [9.17, 15) is 13.2 Å². The van der Waals surface area contributed by atoms with Gasteiger partial charge in [0.1, 0.15) is 0 Å². The van der Waals surface area contributed by atoms with Gasteiger partial charge < -0.3 is 10.2 Å². The predicted molar refractivity (Wildman–Crippen MR) is 111 cm³/mol. The van der Waals surface area contributed by atoms with Crippen LogP contribution in [0.1, 0.15) is 12.0 Å². The summed E-state index contributed by atoms with van der Waals surface area (Å²) in [4.78, 5) is 14.6. The Morgan fingerprint density at radius 2 is 1.90 bits per heavy atom. The van der Waals surface area contributed by atoms with Crippen LogP contribution >= 0.6 is 0 Å². The summed E-state index contributed by atoms with van der Waals surface area (Å²) in [6.07, 6.45) is 0.981. The van der Waals surface area contributed by atoms with E-state index in [0.29, 0.717) is 18.0 Å². The van der Waals surface area contributed by atoms with E-state index in [1.807, 2.05) is 24.3 Å². The number of rotatable bonds is 7. The molecule has 152 valence electrons. The zero-order valence-corrected chi connectivity index (χ0v) is 17.1. The van der Waals surface area contributed by atoms with Gasteiger partial charge in [0.2, 0.25) is 15.9 Å². The quantitative estimate of drug-likeness (QED) is 0.749. The average Bonchev–Trinajstić information content (AvgIpc) is 3.22. The Hall–Kier alpha value is -2.89. The maximum absolute atomic E-state index is 12.6. The SMILES string of the molecule is CN(CC(=O)NCC1CCN(c2ccccc2)C1)S(=O)(=O)c1ccc(C#N)cc1. The number of para-hydroxylation sites is 1. The van der Waals surface area contributed by atoms with Gasteiger partial charge in [-0.3, -0.25) is 4.79 Å². The van der Waals surface area contributed by atoms with Crippen molar-refractivity contribution in [3.05, 3.63) is 60.2 Å². The highest BCUT2D eigenvalue weighted by atomic mass is 32.2. The number of nitrogens with one attached hydrogen (secondary N) is 1. The molecule has 0 aliphatic carbocycles. The molecule has 1 atom stereocenters. The summed E-state index contributed by atoms with van der Waals surface area (Å²) in [5, 5.41) is 11.7. The highest BCUT2D eigenvalue weighted by Crippen LogP contribution is 2.23. The van der Waals surface area contributed by atoms with Crippen molar-refractivity contribution in [1.29, 1.82) is 5.26 Å². The second-order valence-electron chi connectivity index (χ2n) is 7.14. The van der Waals surface area contributed by atoms with Crippen LogP contribution in [-0.2, 0) is 14.8 Å². The lowest BCUT2D eigenvalue weighted by molar-refractivity contribution is -0.121. The minimum atomic E-state index is -3.79. The topological polar surface area (TPSA) is 93.5 Å². The molecule has 2 aromatic carbocycles. The molecule has 0 aromatic heterocycles. The monoisotopic (exact) mass is 412 g/mol. The zero-order valence-electron chi connectivity index (χ0n) is 16.3. The molecule has 1 N–H and O–H groups in total. The van der Waals surface area contributed by atoms with E-state index >= 15 is 0 Å². The number of benzene rings is 2. The first-order valence-electron chi connectivity index (χ1n) is 9.43. The van der Waals surface area contributed by atoms with Gasteiger partial charge in [-0.15, -0.1) is 0 Å². The first-order chi connectivity index (χ1) is 13.9. The Balaban J connectivity index is 1.49. The fourth-order valence-corrected chi connectivity index (χ4v) is 4.48. The third-order valence-electron chi connectivity index (χ3n) is 5.05. The van der Waals surface area contributed by atoms with Crippen LogP contribution in [0, 0.1) is 17.2 Å². The molecule has 2 aromatic rings. The number of carbonyl (C=O) groups excluding carboxylic acids is 1. The van der Waals surface area contributed by atoms with E-state index in [1.165, 1.54) is 37.0 Å². The Morgan fingerprint density at radius 3 is 2.55 bits per heavy atom. The Morgan fingerprint density at radius 1 is 1.21 bits per heavy atom. The maximum atomic E-state index is 12.6. The molecule has 1 amide bonds. The second-order valence-corrected chi connectivity index (χ2v) is 9.18. The Labute approximate surface area is 171 Å². The molecule has 0 radical (unpaired) electrons. The minimum absolute atomic E-state index is 0.0566. The fraction of sp³-hybridized carbons (Fsp3) is 0.333. The summed E-state index contributed by atoms with van der Waals surface area (Å²) in [5.74, 6) is 0.00229. The highest BCUT2D eigenvalue weighted by Gasteiger charge is 2.25. The van der Waals surface area contributed by atoms with E-state index in [4.69, 9.17) is 5.26 Å². The largest absolute Gasteiger partial charge is 0.371 e. The van der Waals surface area contributed by atoms with Crippen molar-refractivity contribution in [3.8, 4) is 6.07 Å². The van der Waals surface area contributed by atoms with Crippen molar-refractivity contribution in [1.82, 2.24) is 9.62 Å². The molecule has 29 heavy (non-hydrogen) atoms. The van der Waals surface area contributed by atoms with Crippen molar-refractivity contribution in [2.24, 2.45) is 5.92 Å². The number of amides is 1. The lowest BCUT2D eigenvalue weighted by Crippen LogP contribution is -2.40. The van der Waals surface area contributed by atoms with Crippen LogP contribution < -0.4 is 10.2 Å². The molecule has 0 bridgehead atoms. The van der Waals surface area contributed by atoms with Crippen LogP contribution in [0.4, 0.5) is 5.69 Å². The molecular formula is C21H24N4O3S. The molecule has 1 heterocycles. The lowest BCUT2D eigenvalue weighted by atomic mass is 10.1. The number of likely N-dealkylation sites (N-methyl/N-ethyl adjacent to an activating group) is 1. The first-order valence-corrected chi connectivity index (χ1v) is 10.9. The number of hydrogen-bond acceptors (Lipinski definition) is 5. The van der Waals surface area contributed by atoms with Gasteiger partial charge in [-0.1, -0.05) is 18.2 Å². The Bertz CT molecular complexity index is 985. The summed E-state index contributed by atoms with van der Waals surface area (Å²) in [7, 11) is -2.41. The minimum Gasteiger partial charge on any atom is -0.371 e. The number of carbonyl (C=O) groups is 1. The van der Waals surface area contributed by atoms with Crippen LogP contribution in [0.3, 0.4) is 0 Å². The van der Waals surface area contributed by atoms with Crippen molar-refractivity contribution in [2.45, 2.75) is 11.3 Å². The van der Waals surface area contributed by atoms with E-state index in [0.717, 1.165) is 23.8 Å². The van der Waals surface area contributed by atoms with E-state index in [2.05, 4.69) is 22.3 Å². The number of hydrogen-bond donors (Lipinski definition) is 1. The Kier molecular flexibility index (Phi) is 6.52. The maximum Gasteiger partial charge on any atom is 0.243 e. The van der Waals surface area contributed by atoms with Gasteiger partial charge >= 0.3 is 0 Å². The molecule has 0 saturated carbocycles. The van der Waals surface area contributed by atoms with Crippen molar-refractivity contribution < 1.29 is 13.2 Å². The molecular weight excluding hydrogens is 388 g/mol. The molecule has 1 fully saturated rings. The van der Waals surface area contributed by atoms with Crippen LogP contribution in [0.2, 0.25) is 0 Å². The number of anilines is 1. The zero-order chi connectivity index (χ0) is 20.9. The van der Waals surface area contributed by atoms with Gasteiger partial charge in [-0.2, -0.15) is 9.57 Å². The van der Waals surface area contributed by atoms with E-state index < -0.39 is 10.0 Å². The molecule has 1 aliphatic heterocycles. The molecule has 1 saturated heterocycles. The summed E-state index contributed by atoms with van der Waals surface area (Å²) < 4.78 is 26.2. The molecule has 1 unspecified atom stereocenters. The van der Waals surface area contributed by atoms with Gasteiger partial charge in [0.05, 0.1) is 23.1 Å². The summed E-state index contributed by atoms with van der Waals surface area (Å²) in [6, 6.07) is 17.7. The number of nitrogens with zero attached hydrogens (tertiary/aromatic N) is 3. The molecule has 3 rings (SSSR count). The van der Waals surface area contributed by atoms with Gasteiger partial charge in [-0.05, 0) is 48.7 Å². The van der Waals surface area contributed by atoms with Crippen LogP contribution in [0.25, 0.3) is 0 Å².